The van der Waals surface area contributed by atoms with Gasteiger partial charge >= 0.3 is 0 Å². The Balaban J connectivity index is 2.34. The Morgan fingerprint density at radius 2 is 2.00 bits per heavy atom. The topological polar surface area (TPSA) is 20.2 Å². The van der Waals surface area contributed by atoms with Crippen molar-refractivity contribution in [2.45, 2.75) is 31.8 Å². The van der Waals surface area contributed by atoms with Crippen molar-refractivity contribution in [1.29, 1.82) is 0 Å². The van der Waals surface area contributed by atoms with E-state index in [0.717, 1.165) is 24.8 Å². The van der Waals surface area contributed by atoms with Crippen molar-refractivity contribution < 1.29 is 5.11 Å². The average molecular weight is 176 g/mol. The van der Waals surface area contributed by atoms with Crippen molar-refractivity contribution in [1.82, 2.24) is 0 Å². The van der Waals surface area contributed by atoms with Crippen LogP contribution in [0.1, 0.15) is 31.7 Å². The van der Waals surface area contributed by atoms with Crippen molar-refractivity contribution in [2.24, 2.45) is 5.92 Å². The zero-order valence-corrected chi connectivity index (χ0v) is 8.03. The van der Waals surface area contributed by atoms with Crippen molar-refractivity contribution in [3.05, 3.63) is 35.9 Å². The Morgan fingerprint density at radius 3 is 2.54 bits per heavy atom. The van der Waals surface area contributed by atoms with Gasteiger partial charge in [0.15, 0.2) is 0 Å². The maximum absolute atomic E-state index is 10.4. The van der Waals surface area contributed by atoms with E-state index in [-0.39, 0.29) is 0 Å². The predicted octanol–water partition coefficient (Wildman–Crippen LogP) is 2.69. The highest BCUT2D eigenvalue weighted by atomic mass is 16.3. The molecule has 13 heavy (non-hydrogen) atoms. The van der Waals surface area contributed by atoms with Crippen LogP contribution in [-0.4, -0.2) is 5.11 Å². The van der Waals surface area contributed by atoms with E-state index in [4.69, 9.17) is 0 Å². The van der Waals surface area contributed by atoms with Gasteiger partial charge in [0.05, 0.1) is 5.60 Å². The quantitative estimate of drug-likeness (QED) is 0.697. The Bertz CT molecular complexity index is 280. The summed E-state index contributed by atoms with van der Waals surface area (Å²) in [6, 6.07) is 10.0. The first-order chi connectivity index (χ1) is 6.23. The van der Waals surface area contributed by atoms with Crippen LogP contribution in [0.15, 0.2) is 30.3 Å². The monoisotopic (exact) mass is 176 g/mol. The lowest BCUT2D eigenvalue weighted by atomic mass is 9.85. The minimum Gasteiger partial charge on any atom is -0.385 e. The molecule has 2 rings (SSSR count). The van der Waals surface area contributed by atoms with Gasteiger partial charge < -0.3 is 5.11 Å². The van der Waals surface area contributed by atoms with Crippen molar-refractivity contribution >= 4 is 0 Å². The standard InChI is InChI=1S/C12H16O/c1-10-6-5-9-12(10,13)11-7-3-2-4-8-11/h2-4,7-8,10,13H,5-6,9H2,1H3/t10-,12+/m1/s1. The van der Waals surface area contributed by atoms with Crippen LogP contribution in [0.2, 0.25) is 0 Å². The van der Waals surface area contributed by atoms with E-state index in [1.807, 2.05) is 30.3 Å². The number of benzene rings is 1. The molecule has 1 aliphatic carbocycles. The fourth-order valence-electron chi connectivity index (χ4n) is 2.32. The third kappa shape index (κ3) is 1.37. The molecule has 1 nitrogen and oxygen atoms in total. The summed E-state index contributed by atoms with van der Waals surface area (Å²) < 4.78 is 0. The summed E-state index contributed by atoms with van der Waals surface area (Å²) in [7, 11) is 0. The molecule has 0 saturated heterocycles. The molecule has 1 N–H and O–H groups in total. The van der Waals surface area contributed by atoms with E-state index in [9.17, 15) is 5.11 Å². The number of hydrogen-bond acceptors (Lipinski definition) is 1. The fourth-order valence-corrected chi connectivity index (χ4v) is 2.32. The molecule has 0 heterocycles. The molecule has 1 aromatic rings. The van der Waals surface area contributed by atoms with Gasteiger partial charge in [-0.25, -0.2) is 0 Å². The number of aliphatic hydroxyl groups is 1. The minimum atomic E-state index is -0.554. The molecule has 2 atom stereocenters. The van der Waals surface area contributed by atoms with Gasteiger partial charge in [-0.3, -0.25) is 0 Å². The van der Waals surface area contributed by atoms with E-state index >= 15 is 0 Å². The lowest BCUT2D eigenvalue weighted by Crippen LogP contribution is -2.28. The Morgan fingerprint density at radius 1 is 1.31 bits per heavy atom. The van der Waals surface area contributed by atoms with Crippen molar-refractivity contribution in [3.63, 3.8) is 0 Å². The molecule has 1 aromatic carbocycles. The van der Waals surface area contributed by atoms with E-state index in [1.165, 1.54) is 0 Å². The SMILES string of the molecule is C[C@@H]1CCC[C@@]1(O)c1ccccc1. The maximum atomic E-state index is 10.4. The third-order valence-electron chi connectivity index (χ3n) is 3.28. The highest BCUT2D eigenvalue weighted by Gasteiger charge is 2.39. The van der Waals surface area contributed by atoms with Crippen molar-refractivity contribution in [3.8, 4) is 0 Å². The zero-order chi connectivity index (χ0) is 9.31. The fraction of sp³-hybridized carbons (Fsp3) is 0.500. The van der Waals surface area contributed by atoms with E-state index < -0.39 is 5.60 Å². The van der Waals surface area contributed by atoms with Crippen LogP contribution in [0.5, 0.6) is 0 Å². The van der Waals surface area contributed by atoms with Crippen LogP contribution < -0.4 is 0 Å². The van der Waals surface area contributed by atoms with Crippen LogP contribution in [0.25, 0.3) is 0 Å². The van der Waals surface area contributed by atoms with Crippen molar-refractivity contribution in [2.75, 3.05) is 0 Å². The van der Waals surface area contributed by atoms with E-state index in [1.54, 1.807) is 0 Å². The van der Waals surface area contributed by atoms with Gasteiger partial charge in [-0.1, -0.05) is 37.3 Å². The second-order valence-electron chi connectivity index (χ2n) is 4.08. The lowest BCUT2D eigenvalue weighted by molar-refractivity contribution is 0.00449. The van der Waals surface area contributed by atoms with Gasteiger partial charge in [-0.05, 0) is 30.7 Å². The summed E-state index contributed by atoms with van der Waals surface area (Å²) in [5, 5.41) is 10.4. The first kappa shape index (κ1) is 8.76. The summed E-state index contributed by atoms with van der Waals surface area (Å²) in [4.78, 5) is 0. The molecule has 1 fully saturated rings. The highest BCUT2D eigenvalue weighted by Crippen LogP contribution is 2.42. The molecular formula is C12H16O. The predicted molar refractivity (Wildman–Crippen MR) is 53.4 cm³/mol. The van der Waals surface area contributed by atoms with Gasteiger partial charge in [0, 0.05) is 0 Å². The smallest absolute Gasteiger partial charge is 0.0921 e. The number of rotatable bonds is 1. The molecular weight excluding hydrogens is 160 g/mol. The van der Waals surface area contributed by atoms with E-state index in [0.29, 0.717) is 5.92 Å². The molecule has 0 aromatic heterocycles. The van der Waals surface area contributed by atoms with Gasteiger partial charge in [0.2, 0.25) is 0 Å². The Kier molecular flexibility index (Phi) is 2.12. The first-order valence-corrected chi connectivity index (χ1v) is 5.01. The van der Waals surface area contributed by atoms with Gasteiger partial charge in [-0.15, -0.1) is 0 Å². The molecule has 1 saturated carbocycles. The van der Waals surface area contributed by atoms with Gasteiger partial charge in [-0.2, -0.15) is 0 Å². The van der Waals surface area contributed by atoms with Crippen LogP contribution in [-0.2, 0) is 5.60 Å². The molecule has 0 spiro atoms. The summed E-state index contributed by atoms with van der Waals surface area (Å²) in [6.07, 6.45) is 3.20. The molecule has 1 heteroatoms. The molecule has 70 valence electrons. The zero-order valence-electron chi connectivity index (χ0n) is 8.03. The van der Waals surface area contributed by atoms with Gasteiger partial charge in [0.25, 0.3) is 0 Å². The normalized spacial score (nSPS) is 33.5. The lowest BCUT2D eigenvalue weighted by Gasteiger charge is -2.28. The minimum absolute atomic E-state index is 0.398. The van der Waals surface area contributed by atoms with E-state index in [2.05, 4.69) is 6.92 Å². The maximum Gasteiger partial charge on any atom is 0.0921 e. The largest absolute Gasteiger partial charge is 0.385 e. The molecule has 1 aliphatic rings. The van der Waals surface area contributed by atoms with Gasteiger partial charge in [0.1, 0.15) is 0 Å². The third-order valence-corrected chi connectivity index (χ3v) is 3.28. The summed E-state index contributed by atoms with van der Waals surface area (Å²) >= 11 is 0. The number of hydrogen-bond donors (Lipinski definition) is 1. The average Bonchev–Trinajstić information content (AvgIpc) is 2.50. The second-order valence-corrected chi connectivity index (χ2v) is 4.08. The van der Waals surface area contributed by atoms with Crippen LogP contribution in [0.3, 0.4) is 0 Å². The molecule has 0 amide bonds. The second kappa shape index (κ2) is 3.15. The highest BCUT2D eigenvalue weighted by molar-refractivity contribution is 5.24. The van der Waals surface area contributed by atoms with Crippen LogP contribution >= 0.6 is 0 Å². The Labute approximate surface area is 79.4 Å². The van der Waals surface area contributed by atoms with Crippen LogP contribution in [0, 0.1) is 5.92 Å². The first-order valence-electron chi connectivity index (χ1n) is 5.01. The molecule has 0 aliphatic heterocycles. The molecule has 0 bridgehead atoms. The molecule has 0 radical (unpaired) electrons. The summed E-state index contributed by atoms with van der Waals surface area (Å²) in [6.45, 7) is 2.14. The molecule has 0 unspecified atom stereocenters. The summed E-state index contributed by atoms with van der Waals surface area (Å²) in [5.74, 6) is 0.398. The van der Waals surface area contributed by atoms with Crippen LogP contribution in [0.4, 0.5) is 0 Å². The summed E-state index contributed by atoms with van der Waals surface area (Å²) in [5.41, 5.74) is 0.529. The Hall–Kier alpha value is -0.820.